The largest absolute Gasteiger partial charge is 0.382 e. The number of piperidine rings is 1. The van der Waals surface area contributed by atoms with Crippen molar-refractivity contribution in [1.29, 1.82) is 0 Å². The van der Waals surface area contributed by atoms with Crippen molar-refractivity contribution in [3.8, 4) is 0 Å². The first-order valence-electron chi connectivity index (χ1n) is 14.1. The van der Waals surface area contributed by atoms with Crippen LogP contribution in [0.15, 0.2) is 24.3 Å². The fourth-order valence-corrected chi connectivity index (χ4v) is 5.92. The number of likely N-dealkylation sites (tertiary alicyclic amines) is 1. The number of aromatic nitrogens is 2. The van der Waals surface area contributed by atoms with Gasteiger partial charge in [-0.25, -0.2) is 9.97 Å². The van der Waals surface area contributed by atoms with Gasteiger partial charge in [0.2, 0.25) is 0 Å². The molecule has 0 unspecified atom stereocenters. The van der Waals surface area contributed by atoms with Gasteiger partial charge in [0, 0.05) is 51.2 Å². The summed E-state index contributed by atoms with van der Waals surface area (Å²) in [5, 5.41) is 2.93. The van der Waals surface area contributed by atoms with Gasteiger partial charge in [-0.15, -0.1) is 0 Å². The molecule has 2 fully saturated rings. The maximum atomic E-state index is 12.5. The fraction of sp³-hybridized carbons (Fsp3) is 0.586. The lowest BCUT2D eigenvalue weighted by atomic mass is 9.98. The number of carbonyl (C=O) groups is 2. The minimum atomic E-state index is -0.429. The Labute approximate surface area is 237 Å². The first kappa shape index (κ1) is 29.2. The molecule has 0 bridgehead atoms. The molecule has 0 aliphatic carbocycles. The minimum absolute atomic E-state index is 0.0228. The topological polar surface area (TPSA) is 108 Å². The Morgan fingerprint density at radius 1 is 1.10 bits per heavy atom. The first-order valence-corrected chi connectivity index (χ1v) is 14.5. The Morgan fingerprint density at radius 3 is 2.49 bits per heavy atom. The molecule has 2 aliphatic heterocycles. The number of Topliss-reactive ketones (excluding diaryl/α,β-unsaturated/α-hetero) is 1. The average Bonchev–Trinajstić information content (AvgIpc) is 2.93. The molecule has 0 spiro atoms. The van der Waals surface area contributed by atoms with E-state index in [0.717, 1.165) is 45.7 Å². The average molecular weight is 556 g/mol. The number of carbonyl (C=O) groups excluding carboxylic acids is 2. The second-order valence-electron chi connectivity index (χ2n) is 10.9. The molecule has 1 aromatic heterocycles. The molecule has 1 aromatic carbocycles. The number of benzene rings is 1. The molecular formula is C29H42ClN7O2. The standard InChI is InChI=1S/C29H42ClN7O2/c1-4-23-19-36(28-26(30)33-25(27(31)34-28)29(39)32-13-5-6-21(3)38)16-17-37(23)24-11-14-35(15-12-24)18-22-9-7-20(2)8-10-22/h7-10,23-24H,4-6,11-19H2,1-3H3,(H2,31,34)(H,32,39)/t23-/m0/s1. The van der Waals surface area contributed by atoms with Crippen molar-refractivity contribution in [3.63, 3.8) is 0 Å². The lowest BCUT2D eigenvalue weighted by Crippen LogP contribution is -2.58. The molecule has 1 amide bonds. The van der Waals surface area contributed by atoms with E-state index in [1.807, 2.05) is 0 Å². The molecule has 0 radical (unpaired) electrons. The molecule has 4 rings (SSSR count). The van der Waals surface area contributed by atoms with Gasteiger partial charge in [0.05, 0.1) is 0 Å². The third kappa shape index (κ3) is 7.68. The van der Waals surface area contributed by atoms with Gasteiger partial charge in [0.15, 0.2) is 22.5 Å². The Balaban J connectivity index is 1.32. The molecule has 212 valence electrons. The van der Waals surface area contributed by atoms with Gasteiger partial charge >= 0.3 is 0 Å². The predicted molar refractivity (Wildman–Crippen MR) is 156 cm³/mol. The number of piperazine rings is 1. The van der Waals surface area contributed by atoms with Crippen molar-refractivity contribution in [2.24, 2.45) is 0 Å². The lowest BCUT2D eigenvalue weighted by Gasteiger charge is -2.47. The number of nitrogens with zero attached hydrogens (tertiary/aromatic N) is 5. The van der Waals surface area contributed by atoms with E-state index in [4.69, 9.17) is 17.3 Å². The van der Waals surface area contributed by atoms with Crippen molar-refractivity contribution in [2.45, 2.75) is 71.5 Å². The SMILES string of the molecule is CC[C@H]1CN(c2nc(N)c(C(=O)NCCCC(C)=O)nc2Cl)CCN1C1CCN(Cc2ccc(C)cc2)CC1. The monoisotopic (exact) mass is 555 g/mol. The Kier molecular flexibility index (Phi) is 10.2. The highest BCUT2D eigenvalue weighted by molar-refractivity contribution is 6.32. The number of amides is 1. The lowest BCUT2D eigenvalue weighted by molar-refractivity contribution is -0.117. The third-order valence-electron chi connectivity index (χ3n) is 7.92. The smallest absolute Gasteiger partial charge is 0.273 e. The quantitative estimate of drug-likeness (QED) is 0.427. The summed E-state index contributed by atoms with van der Waals surface area (Å²) in [6.07, 6.45) is 4.35. The van der Waals surface area contributed by atoms with Crippen LogP contribution < -0.4 is 16.0 Å². The van der Waals surface area contributed by atoms with E-state index in [0.29, 0.717) is 37.3 Å². The zero-order chi connectivity index (χ0) is 27.9. The minimum Gasteiger partial charge on any atom is -0.382 e. The van der Waals surface area contributed by atoms with E-state index in [1.165, 1.54) is 30.9 Å². The van der Waals surface area contributed by atoms with Gasteiger partial charge < -0.3 is 20.7 Å². The first-order chi connectivity index (χ1) is 18.7. The molecule has 10 heteroatoms. The number of nitrogens with two attached hydrogens (primary N) is 1. The molecule has 2 saturated heterocycles. The van der Waals surface area contributed by atoms with E-state index in [2.05, 4.69) is 68.1 Å². The van der Waals surface area contributed by atoms with E-state index in [9.17, 15) is 9.59 Å². The highest BCUT2D eigenvalue weighted by atomic mass is 35.5. The zero-order valence-corrected chi connectivity index (χ0v) is 24.2. The summed E-state index contributed by atoms with van der Waals surface area (Å²) < 4.78 is 0. The van der Waals surface area contributed by atoms with Gasteiger partial charge in [-0.2, -0.15) is 0 Å². The summed E-state index contributed by atoms with van der Waals surface area (Å²) in [5.41, 5.74) is 8.86. The molecular weight excluding hydrogens is 514 g/mol. The van der Waals surface area contributed by atoms with Gasteiger partial charge in [0.25, 0.3) is 5.91 Å². The van der Waals surface area contributed by atoms with E-state index < -0.39 is 5.91 Å². The molecule has 39 heavy (non-hydrogen) atoms. The fourth-order valence-electron chi connectivity index (χ4n) is 5.68. The van der Waals surface area contributed by atoms with Crippen LogP contribution in [-0.2, 0) is 11.3 Å². The van der Waals surface area contributed by atoms with Crippen LogP contribution in [0.3, 0.4) is 0 Å². The predicted octanol–water partition coefficient (Wildman–Crippen LogP) is 3.68. The maximum absolute atomic E-state index is 12.5. The number of nitrogen functional groups attached to an aromatic ring is 1. The molecule has 2 aromatic rings. The van der Waals surface area contributed by atoms with Crippen LogP contribution >= 0.6 is 11.6 Å². The Hall–Kier alpha value is -2.75. The van der Waals surface area contributed by atoms with Crippen molar-refractivity contribution in [3.05, 3.63) is 46.2 Å². The highest BCUT2D eigenvalue weighted by Crippen LogP contribution is 2.30. The number of hydrogen-bond donors (Lipinski definition) is 2. The zero-order valence-electron chi connectivity index (χ0n) is 23.5. The van der Waals surface area contributed by atoms with Crippen LogP contribution in [0.2, 0.25) is 5.15 Å². The van der Waals surface area contributed by atoms with Gasteiger partial charge in [-0.3, -0.25) is 14.6 Å². The van der Waals surface area contributed by atoms with Crippen LogP contribution in [-0.4, -0.2) is 82.8 Å². The van der Waals surface area contributed by atoms with Crippen molar-refractivity contribution < 1.29 is 9.59 Å². The third-order valence-corrected chi connectivity index (χ3v) is 8.18. The highest BCUT2D eigenvalue weighted by Gasteiger charge is 2.34. The van der Waals surface area contributed by atoms with Gasteiger partial charge in [-0.1, -0.05) is 48.4 Å². The number of nitrogens with one attached hydrogen (secondary N) is 1. The number of anilines is 2. The van der Waals surface area contributed by atoms with E-state index >= 15 is 0 Å². The summed E-state index contributed by atoms with van der Waals surface area (Å²) in [5.74, 6) is 0.259. The number of aryl methyl sites for hydroxylation is 1. The second-order valence-corrected chi connectivity index (χ2v) is 11.2. The Bertz CT molecular complexity index is 1140. The van der Waals surface area contributed by atoms with Crippen molar-refractivity contribution >= 4 is 34.9 Å². The second kappa shape index (κ2) is 13.5. The van der Waals surface area contributed by atoms with Crippen molar-refractivity contribution in [1.82, 2.24) is 25.1 Å². The summed E-state index contributed by atoms with van der Waals surface area (Å²) in [4.78, 5) is 39.8. The van der Waals surface area contributed by atoms with Gasteiger partial charge in [-0.05, 0) is 58.2 Å². The molecule has 3 N–H and O–H groups in total. The maximum Gasteiger partial charge on any atom is 0.273 e. The van der Waals surface area contributed by atoms with Crippen LogP contribution in [0, 0.1) is 6.92 Å². The normalized spacial score (nSPS) is 19.3. The summed E-state index contributed by atoms with van der Waals surface area (Å²) in [6, 6.07) is 9.83. The van der Waals surface area contributed by atoms with Crippen molar-refractivity contribution in [2.75, 3.05) is 49.9 Å². The number of halogens is 1. The molecule has 1 atom stereocenters. The van der Waals surface area contributed by atoms with E-state index in [-0.39, 0.29) is 22.4 Å². The summed E-state index contributed by atoms with van der Waals surface area (Å²) in [6.45, 7) is 12.0. The number of rotatable bonds is 10. The molecule has 9 nitrogen and oxygen atoms in total. The molecule has 0 saturated carbocycles. The summed E-state index contributed by atoms with van der Waals surface area (Å²) in [7, 11) is 0. The Morgan fingerprint density at radius 2 is 1.82 bits per heavy atom. The van der Waals surface area contributed by atoms with Crippen LogP contribution in [0.1, 0.15) is 67.6 Å². The number of hydrogen-bond acceptors (Lipinski definition) is 8. The number of ketones is 1. The van der Waals surface area contributed by atoms with Crippen LogP contribution in [0.5, 0.6) is 0 Å². The van der Waals surface area contributed by atoms with Gasteiger partial charge in [0.1, 0.15) is 5.78 Å². The molecule has 2 aliphatic rings. The summed E-state index contributed by atoms with van der Waals surface area (Å²) >= 11 is 6.53. The van der Waals surface area contributed by atoms with Crippen LogP contribution in [0.4, 0.5) is 11.6 Å². The van der Waals surface area contributed by atoms with Crippen LogP contribution in [0.25, 0.3) is 0 Å². The van der Waals surface area contributed by atoms with E-state index in [1.54, 1.807) is 0 Å². The molecule has 3 heterocycles.